The van der Waals surface area contributed by atoms with Crippen molar-refractivity contribution in [2.45, 2.75) is 111 Å². The van der Waals surface area contributed by atoms with Crippen LogP contribution in [0.15, 0.2) is 30.3 Å². The van der Waals surface area contributed by atoms with Crippen LogP contribution in [0.3, 0.4) is 0 Å². The van der Waals surface area contributed by atoms with Crippen LogP contribution in [0.1, 0.15) is 115 Å². The Hall–Kier alpha value is -1.74. The molecule has 1 heterocycles. The predicted molar refractivity (Wildman–Crippen MR) is 212 cm³/mol. The molecule has 10 atom stereocenters. The number of nitrogens with zero attached hydrogens (tertiary/aromatic N) is 2. The molecule has 0 amide bonds. The largest absolute Gasteiger partial charge is 0.465 e. The van der Waals surface area contributed by atoms with Crippen molar-refractivity contribution in [3.05, 3.63) is 41.5 Å². The van der Waals surface area contributed by atoms with Gasteiger partial charge in [0.25, 0.3) is 0 Å². The monoisotopic (exact) mass is 736 g/mol. The lowest BCUT2D eigenvalue weighted by molar-refractivity contribution is -0.221. The molecule has 0 aromatic heterocycles. The predicted octanol–water partition coefficient (Wildman–Crippen LogP) is 7.57. The average Bonchev–Trinajstić information content (AvgIpc) is 3.48. The second kappa shape index (κ2) is 13.5. The maximum absolute atomic E-state index is 12.2. The first kappa shape index (κ1) is 38.5. The number of benzene rings is 1. The summed E-state index contributed by atoms with van der Waals surface area (Å²) < 4.78 is 29.2. The number of allylic oxidation sites excluding steroid dienone is 2. The number of rotatable bonds is 8. The summed E-state index contributed by atoms with van der Waals surface area (Å²) in [7, 11) is 3.15. The molecule has 5 fully saturated rings. The van der Waals surface area contributed by atoms with Crippen LogP contribution in [0, 0.1) is 51.2 Å². The Labute approximate surface area is 316 Å². The molecule has 5 aliphatic carbocycles. The summed E-state index contributed by atoms with van der Waals surface area (Å²) in [6.45, 7) is 18.9. The first-order chi connectivity index (χ1) is 24.4. The van der Waals surface area contributed by atoms with Crippen LogP contribution in [0.2, 0.25) is 0 Å². The zero-order valence-electron chi connectivity index (χ0n) is 33.9. The molecule has 6 aliphatic rings. The summed E-state index contributed by atoms with van der Waals surface area (Å²) in [5.74, 6) is 3.70. The van der Waals surface area contributed by atoms with Crippen LogP contribution >= 0.6 is 0 Å². The topological polar surface area (TPSA) is 79.0 Å². The molecule has 2 unspecified atom stereocenters. The van der Waals surface area contributed by atoms with Crippen LogP contribution in [-0.4, -0.2) is 94.7 Å². The minimum Gasteiger partial charge on any atom is -0.465 e. The van der Waals surface area contributed by atoms with E-state index in [1.165, 1.54) is 69.6 Å². The highest BCUT2D eigenvalue weighted by Crippen LogP contribution is 2.76. The number of hydrogen-bond donors (Lipinski definition) is 1. The van der Waals surface area contributed by atoms with Crippen molar-refractivity contribution in [2.24, 2.45) is 51.2 Å². The molecule has 1 aromatic carbocycles. The summed E-state index contributed by atoms with van der Waals surface area (Å²) in [5.41, 5.74) is 4.37. The zero-order valence-corrected chi connectivity index (χ0v) is 34.7. The molecule has 290 valence electrons. The molecule has 7 rings (SSSR count). The van der Waals surface area contributed by atoms with E-state index < -0.39 is 9.84 Å². The Morgan fingerprint density at radius 3 is 2.27 bits per heavy atom. The van der Waals surface area contributed by atoms with Gasteiger partial charge in [-0.15, -0.1) is 0 Å². The standard InChI is InChI=1S/C44H69N3O4S/c1-30(46(7)8)33-16-21-44(45-24-25-47-26-28-52(49,50)29-27-47)23-22-42(5)35(38(33)44)14-15-37-41(4)19-17-34(31-10-12-32(13-11-31)39(48)51-9)40(2,3)36(41)18-20-43(37,42)6/h10-13,17,30,33,35-38,45H,14-16,18-29H2,1-9H3/t30?,33-,35+,36-,37+,38+,41?,42+,43+,44-/m0/s1. The number of ether oxygens (including phenoxy) is 1. The maximum atomic E-state index is 12.2. The second-order valence-corrected chi connectivity index (χ2v) is 22.1. The maximum Gasteiger partial charge on any atom is 0.337 e. The molecule has 0 radical (unpaired) electrons. The van der Waals surface area contributed by atoms with E-state index in [2.05, 4.69) is 89.0 Å². The van der Waals surface area contributed by atoms with Crippen molar-refractivity contribution in [3.63, 3.8) is 0 Å². The fourth-order valence-corrected chi connectivity index (χ4v) is 15.6. The smallest absolute Gasteiger partial charge is 0.337 e. The van der Waals surface area contributed by atoms with Crippen LogP contribution in [0.4, 0.5) is 0 Å². The molecule has 1 aromatic rings. The molecular formula is C44H69N3O4S. The molecule has 4 saturated carbocycles. The number of carbonyl (C=O) groups is 1. The van der Waals surface area contributed by atoms with E-state index in [9.17, 15) is 13.2 Å². The molecule has 1 aliphatic heterocycles. The third-order valence-electron chi connectivity index (χ3n) is 17.5. The van der Waals surface area contributed by atoms with Crippen LogP contribution in [-0.2, 0) is 14.6 Å². The van der Waals surface area contributed by atoms with Crippen molar-refractivity contribution in [1.82, 2.24) is 15.1 Å². The highest BCUT2D eigenvalue weighted by molar-refractivity contribution is 7.91. The average molecular weight is 736 g/mol. The minimum absolute atomic E-state index is 0.0424. The Bertz CT molecular complexity index is 1640. The minimum atomic E-state index is -2.86. The van der Waals surface area contributed by atoms with Gasteiger partial charge in [-0.1, -0.05) is 52.8 Å². The Kier molecular flexibility index (Phi) is 9.99. The van der Waals surface area contributed by atoms with Crippen LogP contribution in [0.25, 0.3) is 5.57 Å². The van der Waals surface area contributed by atoms with E-state index in [0.717, 1.165) is 19.5 Å². The third-order valence-corrected chi connectivity index (χ3v) is 19.1. The van der Waals surface area contributed by atoms with Gasteiger partial charge in [0.2, 0.25) is 0 Å². The highest BCUT2D eigenvalue weighted by atomic mass is 32.2. The quantitative estimate of drug-likeness (QED) is 0.276. The van der Waals surface area contributed by atoms with E-state index in [0.29, 0.717) is 76.6 Å². The molecule has 0 bridgehead atoms. The van der Waals surface area contributed by atoms with Crippen molar-refractivity contribution >= 4 is 21.4 Å². The van der Waals surface area contributed by atoms with Crippen molar-refractivity contribution in [2.75, 3.05) is 58.9 Å². The molecule has 52 heavy (non-hydrogen) atoms. The Balaban J connectivity index is 1.16. The van der Waals surface area contributed by atoms with Gasteiger partial charge in [-0.3, -0.25) is 0 Å². The number of carbonyl (C=O) groups excluding carboxylic acids is 1. The number of fused-ring (bicyclic) bond motifs is 7. The van der Waals surface area contributed by atoms with Crippen molar-refractivity contribution < 1.29 is 17.9 Å². The summed E-state index contributed by atoms with van der Waals surface area (Å²) in [4.78, 5) is 17.0. The number of hydrogen-bond acceptors (Lipinski definition) is 7. The van der Waals surface area contributed by atoms with Crippen LogP contribution in [0.5, 0.6) is 0 Å². The third kappa shape index (κ3) is 5.98. The van der Waals surface area contributed by atoms with E-state index in [4.69, 9.17) is 4.74 Å². The fraction of sp³-hybridized carbons (Fsp3) is 0.795. The molecule has 0 spiro atoms. The number of methoxy groups -OCH3 is 1. The Morgan fingerprint density at radius 1 is 0.923 bits per heavy atom. The van der Waals surface area contributed by atoms with Gasteiger partial charge in [-0.2, -0.15) is 0 Å². The van der Waals surface area contributed by atoms with E-state index in [1.54, 1.807) is 0 Å². The summed E-state index contributed by atoms with van der Waals surface area (Å²) in [6, 6.07) is 8.67. The molecule has 7 nitrogen and oxygen atoms in total. The van der Waals surface area contributed by atoms with Crippen molar-refractivity contribution in [1.29, 1.82) is 0 Å². The highest BCUT2D eigenvalue weighted by Gasteiger charge is 2.70. The Morgan fingerprint density at radius 2 is 1.62 bits per heavy atom. The van der Waals surface area contributed by atoms with Gasteiger partial charge in [0.1, 0.15) is 0 Å². The molecular weight excluding hydrogens is 667 g/mol. The lowest BCUT2D eigenvalue weighted by atomic mass is 9.33. The first-order valence-corrected chi connectivity index (χ1v) is 22.5. The van der Waals surface area contributed by atoms with Gasteiger partial charge in [-0.05, 0) is 153 Å². The molecule has 8 heteroatoms. The van der Waals surface area contributed by atoms with Gasteiger partial charge in [0, 0.05) is 37.8 Å². The molecule has 1 saturated heterocycles. The van der Waals surface area contributed by atoms with Gasteiger partial charge in [0.05, 0.1) is 24.2 Å². The van der Waals surface area contributed by atoms with Crippen molar-refractivity contribution in [3.8, 4) is 0 Å². The summed E-state index contributed by atoms with van der Waals surface area (Å²) >= 11 is 0. The van der Waals surface area contributed by atoms with Crippen LogP contribution < -0.4 is 5.32 Å². The van der Waals surface area contributed by atoms with Gasteiger partial charge < -0.3 is 19.9 Å². The van der Waals surface area contributed by atoms with Gasteiger partial charge in [-0.25, -0.2) is 13.2 Å². The van der Waals surface area contributed by atoms with E-state index in [1.807, 2.05) is 12.1 Å². The van der Waals surface area contributed by atoms with Gasteiger partial charge in [0.15, 0.2) is 9.84 Å². The van der Waals surface area contributed by atoms with Gasteiger partial charge >= 0.3 is 5.97 Å². The second-order valence-electron chi connectivity index (χ2n) is 19.8. The normalized spacial score (nSPS) is 41.6. The van der Waals surface area contributed by atoms with E-state index in [-0.39, 0.29) is 22.3 Å². The number of sulfone groups is 1. The zero-order chi connectivity index (χ0) is 37.5. The molecule has 1 N–H and O–H groups in total. The number of esters is 1. The summed E-state index contributed by atoms with van der Waals surface area (Å²) in [5, 5.41) is 4.28. The van der Waals surface area contributed by atoms with E-state index >= 15 is 0 Å². The first-order valence-electron chi connectivity index (χ1n) is 20.7. The number of nitrogens with one attached hydrogen (secondary N) is 1. The summed E-state index contributed by atoms with van der Waals surface area (Å²) in [6.07, 6.45) is 14.1. The lowest BCUT2D eigenvalue weighted by Crippen LogP contribution is -2.68. The fourth-order valence-electron chi connectivity index (χ4n) is 14.3. The SMILES string of the molecule is COC(=O)c1ccc(C2=CCC3(C)[C@H]4CC[C@@H]5[C@H]6[C@H](C(C)N(C)C)CC[C@]6(NCCN6CCS(=O)(=O)CC6)CC[C@@]5(C)[C@]4(C)CC[C@H]3C2(C)C)cc1. The lowest BCUT2D eigenvalue weighted by Gasteiger charge is -2.72.